The maximum Gasteiger partial charge on any atom is 0.203 e. The topological polar surface area (TPSA) is 73.2 Å². The summed E-state index contributed by atoms with van der Waals surface area (Å²) in [6.45, 7) is 0.560. The average molecular weight is 442 g/mol. The van der Waals surface area contributed by atoms with Crippen molar-refractivity contribution in [3.8, 4) is 11.5 Å². The van der Waals surface area contributed by atoms with Crippen LogP contribution in [0.2, 0.25) is 5.02 Å². The fourth-order valence-electron chi connectivity index (χ4n) is 3.22. The molecule has 2 aromatic heterocycles. The molecule has 0 saturated carbocycles. The van der Waals surface area contributed by atoms with Gasteiger partial charge in [-0.1, -0.05) is 17.7 Å². The maximum atomic E-state index is 13.4. The average Bonchev–Trinajstić information content (AvgIpc) is 3.09. The predicted molar refractivity (Wildman–Crippen MR) is 120 cm³/mol. The van der Waals surface area contributed by atoms with E-state index in [0.717, 1.165) is 16.6 Å². The lowest BCUT2D eigenvalue weighted by atomic mass is 10.2. The number of ether oxygens (including phenoxy) is 2. The number of aromatic nitrogens is 3. The number of rotatable bonds is 7. The molecule has 0 saturated heterocycles. The molecule has 0 unspecified atom stereocenters. The number of hydrogen-bond acceptors (Lipinski definition) is 6. The van der Waals surface area contributed by atoms with Crippen LogP contribution in [0.5, 0.6) is 11.5 Å². The third kappa shape index (κ3) is 4.34. The van der Waals surface area contributed by atoms with Gasteiger partial charge in [-0.3, -0.25) is 0 Å². The maximum absolute atomic E-state index is 13.4. The number of nitrogens with zero attached hydrogens (tertiary/aromatic N) is 3. The van der Waals surface area contributed by atoms with Crippen LogP contribution in [0, 0.1) is 5.82 Å². The van der Waals surface area contributed by atoms with Crippen molar-refractivity contribution in [2.24, 2.45) is 7.05 Å². The summed E-state index contributed by atoms with van der Waals surface area (Å²) in [5.41, 5.74) is 3.31. The fraction of sp³-hybridized carbons (Fsp3) is 0.182. The second kappa shape index (κ2) is 8.69. The Kier molecular flexibility index (Phi) is 5.81. The lowest BCUT2D eigenvalue weighted by Crippen LogP contribution is -2.05. The first kappa shape index (κ1) is 20.7. The Morgan fingerprint density at radius 2 is 1.87 bits per heavy atom. The van der Waals surface area contributed by atoms with Crippen LogP contribution in [-0.4, -0.2) is 28.8 Å². The van der Waals surface area contributed by atoms with Crippen LogP contribution < -0.4 is 20.1 Å². The molecule has 7 nitrogen and oxygen atoms in total. The molecular formula is C22H21ClFN5O2. The predicted octanol–water partition coefficient (Wildman–Crippen LogP) is 5.13. The number of halogens is 2. The lowest BCUT2D eigenvalue weighted by Gasteiger charge is -2.11. The summed E-state index contributed by atoms with van der Waals surface area (Å²) in [6.07, 6.45) is 1.68. The molecule has 160 valence electrons. The van der Waals surface area contributed by atoms with Crippen molar-refractivity contribution in [2.75, 3.05) is 24.9 Å². The minimum atomic E-state index is -0.465. The number of hydrogen-bond donors (Lipinski definition) is 2. The van der Waals surface area contributed by atoms with Crippen LogP contribution in [0.3, 0.4) is 0 Å². The third-order valence-electron chi connectivity index (χ3n) is 4.86. The van der Waals surface area contributed by atoms with Crippen molar-refractivity contribution in [1.29, 1.82) is 0 Å². The van der Waals surface area contributed by atoms with Gasteiger partial charge in [0.15, 0.2) is 11.5 Å². The Hall–Kier alpha value is -3.52. The number of imidazole rings is 1. The van der Waals surface area contributed by atoms with E-state index in [0.29, 0.717) is 35.5 Å². The summed E-state index contributed by atoms with van der Waals surface area (Å²) in [5.74, 6) is 2.20. The molecular weight excluding hydrogens is 421 g/mol. The number of aryl methyl sites for hydroxylation is 1. The molecule has 2 heterocycles. The highest BCUT2D eigenvalue weighted by Gasteiger charge is 2.11. The van der Waals surface area contributed by atoms with Crippen molar-refractivity contribution >= 4 is 40.1 Å². The van der Waals surface area contributed by atoms with Gasteiger partial charge in [-0.15, -0.1) is 0 Å². The van der Waals surface area contributed by atoms with Gasteiger partial charge in [-0.05, 0) is 35.9 Å². The van der Waals surface area contributed by atoms with E-state index < -0.39 is 5.82 Å². The van der Waals surface area contributed by atoms with E-state index in [-0.39, 0.29) is 5.02 Å². The van der Waals surface area contributed by atoms with Crippen LogP contribution in [0.1, 0.15) is 5.56 Å². The Bertz CT molecular complexity index is 1240. The molecule has 2 aromatic carbocycles. The van der Waals surface area contributed by atoms with Gasteiger partial charge < -0.3 is 24.7 Å². The van der Waals surface area contributed by atoms with Crippen molar-refractivity contribution in [3.63, 3.8) is 0 Å². The minimum absolute atomic E-state index is 0.0493. The zero-order valence-corrected chi connectivity index (χ0v) is 18.0. The first-order valence-electron chi connectivity index (χ1n) is 9.48. The molecule has 0 radical (unpaired) electrons. The molecule has 31 heavy (non-hydrogen) atoms. The van der Waals surface area contributed by atoms with Crippen LogP contribution in [0.25, 0.3) is 11.0 Å². The minimum Gasteiger partial charge on any atom is -0.493 e. The third-order valence-corrected chi connectivity index (χ3v) is 5.15. The fourth-order valence-corrected chi connectivity index (χ4v) is 3.40. The van der Waals surface area contributed by atoms with Gasteiger partial charge in [0.25, 0.3) is 0 Å². The standard InChI is InChI=1S/C22H21ClFN5O2/c1-29-18-10-21(27-14-5-6-16(24)15(23)9-14)25-12-17(18)28-22(29)26-11-13-4-7-19(30-2)20(8-13)31-3/h4-10,12H,11H2,1-3H3,(H,25,27)(H,26,28). The normalized spacial score (nSPS) is 10.9. The summed E-state index contributed by atoms with van der Waals surface area (Å²) in [7, 11) is 5.14. The summed E-state index contributed by atoms with van der Waals surface area (Å²) >= 11 is 5.85. The number of anilines is 3. The van der Waals surface area contributed by atoms with Crippen LogP contribution >= 0.6 is 11.6 Å². The van der Waals surface area contributed by atoms with Gasteiger partial charge in [0.2, 0.25) is 5.95 Å². The molecule has 0 spiro atoms. The highest BCUT2D eigenvalue weighted by Crippen LogP contribution is 2.28. The molecule has 0 bridgehead atoms. The molecule has 0 fully saturated rings. The Morgan fingerprint density at radius 1 is 1.06 bits per heavy atom. The number of benzene rings is 2. The molecule has 0 amide bonds. The number of fused-ring (bicyclic) bond motifs is 1. The van der Waals surface area contributed by atoms with E-state index >= 15 is 0 Å². The first-order valence-corrected chi connectivity index (χ1v) is 9.85. The van der Waals surface area contributed by atoms with Gasteiger partial charge in [0, 0.05) is 25.3 Å². The number of nitrogens with one attached hydrogen (secondary N) is 2. The number of methoxy groups -OCH3 is 2. The van der Waals surface area contributed by atoms with Crippen LogP contribution in [-0.2, 0) is 13.6 Å². The number of pyridine rings is 1. The van der Waals surface area contributed by atoms with E-state index in [1.807, 2.05) is 35.9 Å². The monoisotopic (exact) mass is 441 g/mol. The van der Waals surface area contributed by atoms with Gasteiger partial charge in [0.1, 0.15) is 17.2 Å². The summed E-state index contributed by atoms with van der Waals surface area (Å²) in [5, 5.41) is 6.52. The van der Waals surface area contributed by atoms with E-state index in [1.165, 1.54) is 12.1 Å². The quantitative estimate of drug-likeness (QED) is 0.414. The molecule has 0 aliphatic heterocycles. The zero-order valence-electron chi connectivity index (χ0n) is 17.2. The molecule has 4 rings (SSSR count). The second-order valence-corrected chi connectivity index (χ2v) is 7.26. The molecule has 4 aromatic rings. The van der Waals surface area contributed by atoms with Crippen LogP contribution in [0.4, 0.5) is 21.8 Å². The van der Waals surface area contributed by atoms with Crippen molar-refractivity contribution in [2.45, 2.75) is 6.54 Å². The van der Waals surface area contributed by atoms with Crippen LogP contribution in [0.15, 0.2) is 48.7 Å². The first-order chi connectivity index (χ1) is 15.0. The highest BCUT2D eigenvalue weighted by molar-refractivity contribution is 6.31. The van der Waals surface area contributed by atoms with Gasteiger partial charge in [-0.25, -0.2) is 14.4 Å². The van der Waals surface area contributed by atoms with Crippen molar-refractivity contribution < 1.29 is 13.9 Å². The molecule has 0 aliphatic carbocycles. The lowest BCUT2D eigenvalue weighted by molar-refractivity contribution is 0.354. The summed E-state index contributed by atoms with van der Waals surface area (Å²) in [6, 6.07) is 12.1. The zero-order chi connectivity index (χ0) is 22.0. The van der Waals surface area contributed by atoms with Crippen molar-refractivity contribution in [1.82, 2.24) is 14.5 Å². The highest BCUT2D eigenvalue weighted by atomic mass is 35.5. The van der Waals surface area contributed by atoms with E-state index in [4.69, 9.17) is 21.1 Å². The summed E-state index contributed by atoms with van der Waals surface area (Å²) < 4.78 is 26.0. The Labute approximate surface area is 183 Å². The van der Waals surface area contributed by atoms with Gasteiger partial charge in [0.05, 0.1) is 31.0 Å². The van der Waals surface area contributed by atoms with Gasteiger partial charge in [-0.2, -0.15) is 0 Å². The van der Waals surface area contributed by atoms with E-state index in [2.05, 4.69) is 20.6 Å². The Morgan fingerprint density at radius 3 is 2.61 bits per heavy atom. The second-order valence-electron chi connectivity index (χ2n) is 6.85. The largest absolute Gasteiger partial charge is 0.493 e. The Balaban J connectivity index is 1.53. The van der Waals surface area contributed by atoms with Crippen molar-refractivity contribution in [3.05, 3.63) is 65.1 Å². The smallest absolute Gasteiger partial charge is 0.203 e. The molecule has 0 atom stereocenters. The molecule has 9 heteroatoms. The van der Waals surface area contributed by atoms with E-state index in [9.17, 15) is 4.39 Å². The SMILES string of the molecule is COc1ccc(CNc2nc3cnc(Nc4ccc(F)c(Cl)c4)cc3n2C)cc1OC. The van der Waals surface area contributed by atoms with E-state index in [1.54, 1.807) is 26.5 Å². The van der Waals surface area contributed by atoms with Gasteiger partial charge >= 0.3 is 0 Å². The molecule has 0 aliphatic rings. The summed E-state index contributed by atoms with van der Waals surface area (Å²) in [4.78, 5) is 9.00. The molecule has 2 N–H and O–H groups in total.